The number of carbonyl (C=O) groups excluding carboxylic acids is 1. The summed E-state index contributed by atoms with van der Waals surface area (Å²) >= 11 is 0. The zero-order chi connectivity index (χ0) is 15.0. The summed E-state index contributed by atoms with van der Waals surface area (Å²) in [6.45, 7) is 6.21. The third-order valence-corrected chi connectivity index (χ3v) is 3.98. The molecule has 1 N–H and O–H groups in total. The van der Waals surface area contributed by atoms with Gasteiger partial charge in [0.15, 0.2) is 0 Å². The molecule has 4 nitrogen and oxygen atoms in total. The first-order valence-corrected chi connectivity index (χ1v) is 7.71. The molecule has 1 fully saturated rings. The molecule has 2 aromatic rings. The highest BCUT2D eigenvalue weighted by Gasteiger charge is 2.26. The molecule has 1 aliphatic rings. The molecular weight excluding hydrogens is 262 g/mol. The Bertz CT molecular complexity index is 662. The third-order valence-electron chi connectivity index (χ3n) is 3.98. The molecule has 3 rings (SSSR count). The molecule has 1 aromatic heterocycles. The first-order valence-electron chi connectivity index (χ1n) is 7.71. The maximum absolute atomic E-state index is 12.2. The lowest BCUT2D eigenvalue weighted by molar-refractivity contribution is -0.117. The third kappa shape index (κ3) is 2.94. The molecule has 1 aliphatic carbocycles. The lowest BCUT2D eigenvalue weighted by Gasteiger charge is -2.29. The van der Waals surface area contributed by atoms with Crippen LogP contribution in [0.2, 0.25) is 0 Å². The van der Waals surface area contributed by atoms with E-state index in [0.29, 0.717) is 18.4 Å². The van der Waals surface area contributed by atoms with Crippen LogP contribution in [0.5, 0.6) is 0 Å². The second-order valence-corrected chi connectivity index (χ2v) is 7.16. The summed E-state index contributed by atoms with van der Waals surface area (Å²) in [6.07, 6.45) is 4.10. The number of imidazole rings is 1. The molecule has 0 bridgehead atoms. The molecule has 0 saturated heterocycles. The minimum Gasteiger partial charge on any atom is -0.307 e. The van der Waals surface area contributed by atoms with Crippen LogP contribution in [0.4, 0.5) is 5.95 Å². The fraction of sp³-hybridized carbons (Fsp3) is 0.529. The molecule has 0 atom stereocenters. The first-order chi connectivity index (χ1) is 9.94. The number of nitrogens with one attached hydrogen (secondary N) is 1. The topological polar surface area (TPSA) is 46.9 Å². The zero-order valence-electron chi connectivity index (χ0n) is 13.0. The standard InChI is InChI=1S/C17H23N3O/c1-17(2,3)11-15(21)19-16-18-13-9-4-5-10-14(13)20(16)12-7-6-8-12/h4-5,9-10,12H,6-8,11H2,1-3H3,(H,18,19,21). The monoisotopic (exact) mass is 285 g/mol. The maximum Gasteiger partial charge on any atom is 0.227 e. The minimum absolute atomic E-state index is 0.0165. The Labute approximate surface area is 125 Å². The van der Waals surface area contributed by atoms with Gasteiger partial charge in [-0.25, -0.2) is 4.98 Å². The fourth-order valence-electron chi connectivity index (χ4n) is 2.80. The molecule has 1 saturated carbocycles. The number of carbonyl (C=O) groups is 1. The molecule has 0 radical (unpaired) electrons. The van der Waals surface area contributed by atoms with Crippen LogP contribution in [0.25, 0.3) is 11.0 Å². The van der Waals surface area contributed by atoms with Crippen molar-refractivity contribution in [2.45, 2.75) is 52.5 Å². The summed E-state index contributed by atoms with van der Waals surface area (Å²) in [4.78, 5) is 16.8. The number of para-hydroxylation sites is 2. The molecule has 4 heteroatoms. The van der Waals surface area contributed by atoms with Gasteiger partial charge in [0, 0.05) is 12.5 Å². The van der Waals surface area contributed by atoms with Gasteiger partial charge >= 0.3 is 0 Å². The lowest BCUT2D eigenvalue weighted by Crippen LogP contribution is -2.24. The largest absolute Gasteiger partial charge is 0.307 e. The average Bonchev–Trinajstić information content (AvgIpc) is 2.63. The van der Waals surface area contributed by atoms with E-state index in [1.807, 2.05) is 18.2 Å². The van der Waals surface area contributed by atoms with Gasteiger partial charge in [-0.15, -0.1) is 0 Å². The van der Waals surface area contributed by atoms with Gasteiger partial charge < -0.3 is 4.57 Å². The van der Waals surface area contributed by atoms with Crippen LogP contribution in [0.15, 0.2) is 24.3 Å². The van der Waals surface area contributed by atoms with Crippen molar-refractivity contribution in [3.8, 4) is 0 Å². The van der Waals surface area contributed by atoms with Crippen molar-refractivity contribution in [2.24, 2.45) is 5.41 Å². The summed E-state index contributed by atoms with van der Waals surface area (Å²) in [5, 5.41) is 3.02. The van der Waals surface area contributed by atoms with Crippen LogP contribution < -0.4 is 5.32 Å². The van der Waals surface area contributed by atoms with Crippen molar-refractivity contribution < 1.29 is 4.79 Å². The van der Waals surface area contributed by atoms with Crippen molar-refractivity contribution in [3.05, 3.63) is 24.3 Å². The SMILES string of the molecule is CC(C)(C)CC(=O)Nc1nc2ccccc2n1C1CCC1. The van der Waals surface area contributed by atoms with Gasteiger partial charge in [0.1, 0.15) is 0 Å². The summed E-state index contributed by atoms with van der Waals surface area (Å²) in [6, 6.07) is 8.58. The highest BCUT2D eigenvalue weighted by molar-refractivity contribution is 5.92. The first kappa shape index (κ1) is 14.1. The second kappa shape index (κ2) is 5.17. The van der Waals surface area contributed by atoms with Crippen LogP contribution in [0.3, 0.4) is 0 Å². The van der Waals surface area contributed by atoms with Gasteiger partial charge in [-0.05, 0) is 36.8 Å². The Morgan fingerprint density at radius 3 is 2.67 bits per heavy atom. The number of aromatic nitrogens is 2. The van der Waals surface area contributed by atoms with Gasteiger partial charge in [0.25, 0.3) is 0 Å². The van der Waals surface area contributed by atoms with Gasteiger partial charge in [0.2, 0.25) is 11.9 Å². The lowest BCUT2D eigenvalue weighted by atomic mass is 9.92. The predicted octanol–water partition coefficient (Wildman–Crippen LogP) is 4.14. The highest BCUT2D eigenvalue weighted by atomic mass is 16.1. The molecule has 0 spiro atoms. The average molecular weight is 285 g/mol. The molecule has 21 heavy (non-hydrogen) atoms. The highest BCUT2D eigenvalue weighted by Crippen LogP contribution is 2.37. The molecule has 0 unspecified atom stereocenters. The predicted molar refractivity (Wildman–Crippen MR) is 85.3 cm³/mol. The maximum atomic E-state index is 12.2. The number of hydrogen-bond donors (Lipinski definition) is 1. The second-order valence-electron chi connectivity index (χ2n) is 7.16. The Morgan fingerprint density at radius 2 is 2.05 bits per heavy atom. The molecule has 112 valence electrons. The summed E-state index contributed by atoms with van der Waals surface area (Å²) < 4.78 is 2.21. The van der Waals surface area contributed by atoms with E-state index in [1.54, 1.807) is 0 Å². The van der Waals surface area contributed by atoms with E-state index >= 15 is 0 Å². The van der Waals surface area contributed by atoms with E-state index in [1.165, 1.54) is 19.3 Å². The molecule has 1 aromatic carbocycles. The van der Waals surface area contributed by atoms with Crippen molar-refractivity contribution in [3.63, 3.8) is 0 Å². The molecular formula is C17H23N3O. The van der Waals surface area contributed by atoms with Crippen molar-refractivity contribution in [2.75, 3.05) is 5.32 Å². The molecule has 1 amide bonds. The smallest absolute Gasteiger partial charge is 0.227 e. The summed E-state index contributed by atoms with van der Waals surface area (Å²) in [5.41, 5.74) is 2.06. The van der Waals surface area contributed by atoms with E-state index in [9.17, 15) is 4.79 Å². The fourth-order valence-corrected chi connectivity index (χ4v) is 2.80. The number of amides is 1. The quantitative estimate of drug-likeness (QED) is 0.921. The van der Waals surface area contributed by atoms with E-state index < -0.39 is 0 Å². The number of hydrogen-bond acceptors (Lipinski definition) is 2. The molecule has 0 aliphatic heterocycles. The number of nitrogens with zero attached hydrogens (tertiary/aromatic N) is 2. The zero-order valence-corrected chi connectivity index (χ0v) is 13.0. The molecule has 1 heterocycles. The Balaban J connectivity index is 1.92. The van der Waals surface area contributed by atoms with E-state index in [4.69, 9.17) is 0 Å². The number of anilines is 1. The summed E-state index contributed by atoms with van der Waals surface area (Å²) in [5.74, 6) is 0.744. The van der Waals surface area contributed by atoms with Gasteiger partial charge in [0.05, 0.1) is 11.0 Å². The van der Waals surface area contributed by atoms with Crippen LogP contribution in [-0.4, -0.2) is 15.5 Å². The Hall–Kier alpha value is -1.84. The van der Waals surface area contributed by atoms with E-state index in [0.717, 1.165) is 11.0 Å². The van der Waals surface area contributed by atoms with Crippen molar-refractivity contribution in [1.29, 1.82) is 0 Å². The van der Waals surface area contributed by atoms with Crippen molar-refractivity contribution in [1.82, 2.24) is 9.55 Å². The Kier molecular flexibility index (Phi) is 3.47. The van der Waals surface area contributed by atoms with Crippen molar-refractivity contribution >= 4 is 22.9 Å². The van der Waals surface area contributed by atoms with E-state index in [-0.39, 0.29) is 11.3 Å². The van der Waals surface area contributed by atoms with Gasteiger partial charge in [-0.3, -0.25) is 10.1 Å². The summed E-state index contributed by atoms with van der Waals surface area (Å²) in [7, 11) is 0. The number of benzene rings is 1. The Morgan fingerprint density at radius 1 is 1.33 bits per heavy atom. The van der Waals surface area contributed by atoms with Gasteiger partial charge in [-0.1, -0.05) is 32.9 Å². The van der Waals surface area contributed by atoms with Crippen LogP contribution in [0, 0.1) is 5.41 Å². The van der Waals surface area contributed by atoms with Crippen LogP contribution in [0.1, 0.15) is 52.5 Å². The number of fused-ring (bicyclic) bond motifs is 1. The normalized spacial score (nSPS) is 16.0. The minimum atomic E-state index is -0.0165. The van der Waals surface area contributed by atoms with Crippen LogP contribution in [-0.2, 0) is 4.79 Å². The van der Waals surface area contributed by atoms with Gasteiger partial charge in [-0.2, -0.15) is 0 Å². The number of rotatable bonds is 3. The van der Waals surface area contributed by atoms with Crippen LogP contribution >= 0.6 is 0 Å². The van der Waals surface area contributed by atoms with E-state index in [2.05, 4.69) is 41.7 Å².